The van der Waals surface area contributed by atoms with Crippen LogP contribution < -0.4 is 5.32 Å². The van der Waals surface area contributed by atoms with Gasteiger partial charge in [-0.05, 0) is 24.5 Å². The second-order valence-corrected chi connectivity index (χ2v) is 6.14. The molecule has 7 nitrogen and oxygen atoms in total. The highest BCUT2D eigenvalue weighted by atomic mass is 16.6. The quantitative estimate of drug-likeness (QED) is 0.558. The third-order valence-corrected chi connectivity index (χ3v) is 3.95. The summed E-state index contributed by atoms with van der Waals surface area (Å²) in [5, 5.41) is 22.8. The average molecular weight is 356 g/mol. The standard InChI is InChI=1S/C19H20N2O5/c1-13-4-2-5-14(8-13)9-16(19(23)24)12-20-18(22)11-15-6-3-7-17(10-15)21(25)26/h2-8,10,16H,9,11-12H2,1H3,(H,20,22)(H,23,24). The molecule has 0 spiro atoms. The Morgan fingerprint density at radius 2 is 1.85 bits per heavy atom. The lowest BCUT2D eigenvalue weighted by molar-refractivity contribution is -0.384. The van der Waals surface area contributed by atoms with Crippen LogP contribution in [0.5, 0.6) is 0 Å². The van der Waals surface area contributed by atoms with Gasteiger partial charge in [-0.15, -0.1) is 0 Å². The Morgan fingerprint density at radius 1 is 1.15 bits per heavy atom. The predicted molar refractivity (Wildman–Crippen MR) is 95.8 cm³/mol. The summed E-state index contributed by atoms with van der Waals surface area (Å²) in [6.45, 7) is 1.93. The maximum Gasteiger partial charge on any atom is 0.308 e. The number of benzene rings is 2. The number of carboxylic acids is 1. The number of hydrogen-bond acceptors (Lipinski definition) is 4. The molecule has 0 aromatic heterocycles. The van der Waals surface area contributed by atoms with E-state index in [1.165, 1.54) is 18.2 Å². The van der Waals surface area contributed by atoms with Crippen LogP contribution in [0.4, 0.5) is 5.69 Å². The third-order valence-electron chi connectivity index (χ3n) is 3.95. The first-order valence-corrected chi connectivity index (χ1v) is 8.13. The van der Waals surface area contributed by atoms with E-state index in [4.69, 9.17) is 0 Å². The van der Waals surface area contributed by atoms with Crippen LogP contribution in [0.25, 0.3) is 0 Å². The fourth-order valence-electron chi connectivity index (χ4n) is 2.64. The van der Waals surface area contributed by atoms with Gasteiger partial charge in [0.1, 0.15) is 0 Å². The summed E-state index contributed by atoms with van der Waals surface area (Å²) in [7, 11) is 0. The number of nitrogens with one attached hydrogen (secondary N) is 1. The number of rotatable bonds is 8. The molecule has 7 heteroatoms. The Balaban J connectivity index is 1.94. The van der Waals surface area contributed by atoms with Crippen molar-refractivity contribution in [1.29, 1.82) is 0 Å². The number of nitro groups is 1. The molecule has 26 heavy (non-hydrogen) atoms. The summed E-state index contributed by atoms with van der Waals surface area (Å²) < 4.78 is 0. The van der Waals surface area contributed by atoms with E-state index in [1.54, 1.807) is 6.07 Å². The molecule has 1 atom stereocenters. The second-order valence-electron chi connectivity index (χ2n) is 6.14. The minimum Gasteiger partial charge on any atom is -0.481 e. The molecule has 2 aromatic rings. The monoisotopic (exact) mass is 356 g/mol. The molecule has 2 N–H and O–H groups in total. The Bertz CT molecular complexity index is 819. The first-order valence-electron chi connectivity index (χ1n) is 8.13. The summed E-state index contributed by atoms with van der Waals surface area (Å²) in [6, 6.07) is 13.4. The van der Waals surface area contributed by atoms with Gasteiger partial charge in [0.2, 0.25) is 5.91 Å². The molecule has 0 radical (unpaired) electrons. The molecule has 2 rings (SSSR count). The van der Waals surface area contributed by atoms with Gasteiger partial charge >= 0.3 is 5.97 Å². The number of nitro benzene ring substituents is 1. The van der Waals surface area contributed by atoms with Gasteiger partial charge in [-0.3, -0.25) is 19.7 Å². The molecular formula is C19H20N2O5. The average Bonchev–Trinajstić information content (AvgIpc) is 2.58. The number of carbonyl (C=O) groups is 2. The highest BCUT2D eigenvalue weighted by Gasteiger charge is 2.19. The maximum atomic E-state index is 12.1. The highest BCUT2D eigenvalue weighted by molar-refractivity contribution is 5.79. The minimum atomic E-state index is -0.984. The number of carbonyl (C=O) groups excluding carboxylic acids is 1. The lowest BCUT2D eigenvalue weighted by atomic mass is 9.98. The van der Waals surface area contributed by atoms with Crippen LogP contribution in [0.3, 0.4) is 0 Å². The van der Waals surface area contributed by atoms with E-state index in [2.05, 4.69) is 5.32 Å². The molecule has 2 aromatic carbocycles. The molecule has 0 aliphatic carbocycles. The van der Waals surface area contributed by atoms with Gasteiger partial charge in [-0.1, -0.05) is 42.0 Å². The van der Waals surface area contributed by atoms with Crippen LogP contribution >= 0.6 is 0 Å². The number of aliphatic carboxylic acids is 1. The number of non-ortho nitro benzene ring substituents is 1. The molecule has 0 aliphatic rings. The van der Waals surface area contributed by atoms with E-state index in [-0.39, 0.29) is 24.6 Å². The minimum absolute atomic E-state index is 0.00294. The van der Waals surface area contributed by atoms with Crippen molar-refractivity contribution < 1.29 is 19.6 Å². The lowest BCUT2D eigenvalue weighted by Crippen LogP contribution is -2.34. The molecule has 136 valence electrons. The Hall–Kier alpha value is -3.22. The molecule has 0 heterocycles. The molecule has 0 saturated carbocycles. The van der Waals surface area contributed by atoms with Crippen LogP contribution in [0.1, 0.15) is 16.7 Å². The topological polar surface area (TPSA) is 110 Å². The van der Waals surface area contributed by atoms with Crippen LogP contribution in [0.15, 0.2) is 48.5 Å². The van der Waals surface area contributed by atoms with Gasteiger partial charge in [0.15, 0.2) is 0 Å². The number of nitrogens with zero attached hydrogens (tertiary/aromatic N) is 1. The van der Waals surface area contributed by atoms with E-state index in [0.717, 1.165) is 11.1 Å². The third kappa shape index (κ3) is 5.70. The zero-order valence-electron chi connectivity index (χ0n) is 14.3. The molecule has 1 amide bonds. The van der Waals surface area contributed by atoms with Crippen molar-refractivity contribution in [1.82, 2.24) is 5.32 Å². The normalized spacial score (nSPS) is 11.6. The highest BCUT2D eigenvalue weighted by Crippen LogP contribution is 2.14. The van der Waals surface area contributed by atoms with Crippen molar-refractivity contribution in [3.8, 4) is 0 Å². The predicted octanol–water partition coefficient (Wildman–Crippen LogP) is 2.51. The van der Waals surface area contributed by atoms with Gasteiger partial charge < -0.3 is 10.4 Å². The molecule has 0 saturated heterocycles. The fourth-order valence-corrected chi connectivity index (χ4v) is 2.64. The van der Waals surface area contributed by atoms with E-state index in [1.807, 2.05) is 31.2 Å². The second kappa shape index (κ2) is 8.75. The summed E-state index contributed by atoms with van der Waals surface area (Å²) >= 11 is 0. The Labute approximate surface area is 150 Å². The summed E-state index contributed by atoms with van der Waals surface area (Å²) in [4.78, 5) is 33.7. The largest absolute Gasteiger partial charge is 0.481 e. The van der Waals surface area contributed by atoms with Crippen molar-refractivity contribution in [2.75, 3.05) is 6.54 Å². The van der Waals surface area contributed by atoms with Gasteiger partial charge in [-0.25, -0.2) is 0 Å². The molecule has 1 unspecified atom stereocenters. The zero-order chi connectivity index (χ0) is 19.1. The van der Waals surface area contributed by atoms with Gasteiger partial charge in [0.05, 0.1) is 17.3 Å². The van der Waals surface area contributed by atoms with E-state index in [0.29, 0.717) is 12.0 Å². The van der Waals surface area contributed by atoms with Crippen molar-refractivity contribution in [2.24, 2.45) is 5.92 Å². The van der Waals surface area contributed by atoms with Crippen LogP contribution in [-0.4, -0.2) is 28.5 Å². The smallest absolute Gasteiger partial charge is 0.308 e. The Kier molecular flexibility index (Phi) is 6.43. The van der Waals surface area contributed by atoms with E-state index >= 15 is 0 Å². The SMILES string of the molecule is Cc1cccc(CC(CNC(=O)Cc2cccc([N+](=O)[O-])c2)C(=O)O)c1. The molecule has 0 fully saturated rings. The number of amides is 1. The summed E-state index contributed by atoms with van der Waals surface area (Å²) in [6.07, 6.45) is 0.270. The van der Waals surface area contributed by atoms with E-state index < -0.39 is 16.8 Å². The first-order chi connectivity index (χ1) is 12.3. The van der Waals surface area contributed by atoms with Gasteiger partial charge in [0, 0.05) is 18.7 Å². The zero-order valence-corrected chi connectivity index (χ0v) is 14.3. The molecule has 0 aliphatic heterocycles. The van der Waals surface area contributed by atoms with Crippen LogP contribution in [0, 0.1) is 23.0 Å². The maximum absolute atomic E-state index is 12.1. The van der Waals surface area contributed by atoms with Crippen molar-refractivity contribution in [3.05, 3.63) is 75.3 Å². The van der Waals surface area contributed by atoms with Gasteiger partial charge in [0.25, 0.3) is 5.69 Å². The lowest BCUT2D eigenvalue weighted by Gasteiger charge is -2.14. The molecular weight excluding hydrogens is 336 g/mol. The fraction of sp³-hybridized carbons (Fsp3) is 0.263. The Morgan fingerprint density at radius 3 is 2.50 bits per heavy atom. The molecule has 0 bridgehead atoms. The van der Waals surface area contributed by atoms with Gasteiger partial charge in [-0.2, -0.15) is 0 Å². The van der Waals surface area contributed by atoms with E-state index in [9.17, 15) is 24.8 Å². The first kappa shape index (κ1) is 19.1. The summed E-state index contributed by atoms with van der Waals surface area (Å²) in [5.74, 6) is -2.10. The number of aryl methyl sites for hydroxylation is 1. The van der Waals surface area contributed by atoms with Crippen LogP contribution in [-0.2, 0) is 22.4 Å². The van der Waals surface area contributed by atoms with Crippen molar-refractivity contribution >= 4 is 17.6 Å². The van der Waals surface area contributed by atoms with Crippen molar-refractivity contribution in [2.45, 2.75) is 19.8 Å². The summed E-state index contributed by atoms with van der Waals surface area (Å²) in [5.41, 5.74) is 2.35. The number of carboxylic acid groups (broad SMARTS) is 1. The van der Waals surface area contributed by atoms with Crippen molar-refractivity contribution in [3.63, 3.8) is 0 Å². The van der Waals surface area contributed by atoms with Crippen LogP contribution in [0.2, 0.25) is 0 Å². The number of hydrogen-bond donors (Lipinski definition) is 2.